The Morgan fingerprint density at radius 3 is 2.27 bits per heavy atom. The second kappa shape index (κ2) is 13.1. The van der Waals surface area contributed by atoms with Crippen molar-refractivity contribution in [1.29, 1.82) is 0 Å². The number of aldehydes is 1. The second-order valence-corrected chi connectivity index (χ2v) is 10.9. The standard InChI is InChI=1S/C30H36N6O5/c1-30(2,3)41-29(39)36-16-24(25(17-36)34-28(38)40-19-22-13-9-6-10-14-22)33-26-23(18-37)27(32-20-31-26)35(4)15-21-11-7-5-8-12-21/h5-14,18,20,24-25H,15-17,19H2,1-4H3,(H,34,38)(H,31,32,33)/t24-,25-/m0/s1. The van der Waals surface area contributed by atoms with Gasteiger partial charge in [-0.05, 0) is 31.9 Å². The Morgan fingerprint density at radius 2 is 1.63 bits per heavy atom. The normalized spacial score (nSPS) is 16.5. The molecule has 2 N–H and O–H groups in total. The summed E-state index contributed by atoms with van der Waals surface area (Å²) in [5.74, 6) is 0.750. The molecule has 0 spiro atoms. The topological polar surface area (TPSA) is 126 Å². The van der Waals surface area contributed by atoms with Gasteiger partial charge in [-0.1, -0.05) is 60.7 Å². The van der Waals surface area contributed by atoms with E-state index in [-0.39, 0.29) is 25.3 Å². The number of amides is 2. The molecule has 2 amide bonds. The number of anilines is 2. The van der Waals surface area contributed by atoms with Gasteiger partial charge in [0.25, 0.3) is 0 Å². The van der Waals surface area contributed by atoms with E-state index in [9.17, 15) is 14.4 Å². The molecular formula is C30H36N6O5. The van der Waals surface area contributed by atoms with E-state index < -0.39 is 29.9 Å². The monoisotopic (exact) mass is 560 g/mol. The van der Waals surface area contributed by atoms with E-state index in [4.69, 9.17) is 9.47 Å². The molecule has 41 heavy (non-hydrogen) atoms. The van der Waals surface area contributed by atoms with Gasteiger partial charge in [-0.2, -0.15) is 0 Å². The number of benzene rings is 2. The SMILES string of the molecule is CN(Cc1ccccc1)c1ncnc(N[C@H]2CN(C(=O)OC(C)(C)C)C[C@@H]2NC(=O)OCc2ccccc2)c1C=O. The first-order valence-electron chi connectivity index (χ1n) is 13.4. The predicted octanol–water partition coefficient (Wildman–Crippen LogP) is 4.25. The van der Waals surface area contributed by atoms with Crippen LogP contribution in [0.5, 0.6) is 0 Å². The highest BCUT2D eigenvalue weighted by atomic mass is 16.6. The molecule has 0 aliphatic carbocycles. The number of nitrogens with one attached hydrogen (secondary N) is 2. The van der Waals surface area contributed by atoms with Gasteiger partial charge in [0.05, 0.1) is 17.6 Å². The number of hydrogen-bond acceptors (Lipinski definition) is 9. The molecule has 11 heteroatoms. The minimum Gasteiger partial charge on any atom is -0.445 e. The molecule has 3 aromatic rings. The van der Waals surface area contributed by atoms with E-state index in [1.807, 2.05) is 72.6 Å². The molecule has 1 aliphatic heterocycles. The molecule has 0 radical (unpaired) electrons. The van der Waals surface area contributed by atoms with Crippen LogP contribution in [0.4, 0.5) is 21.2 Å². The molecule has 1 aliphatic rings. The maximum absolute atomic E-state index is 12.9. The van der Waals surface area contributed by atoms with Crippen molar-refractivity contribution in [3.8, 4) is 0 Å². The molecule has 1 aromatic heterocycles. The highest BCUT2D eigenvalue weighted by Crippen LogP contribution is 2.25. The van der Waals surface area contributed by atoms with Crippen molar-refractivity contribution in [2.45, 2.75) is 51.6 Å². The minimum absolute atomic E-state index is 0.103. The Balaban J connectivity index is 1.51. The van der Waals surface area contributed by atoms with Crippen molar-refractivity contribution in [2.75, 3.05) is 30.4 Å². The first-order chi connectivity index (χ1) is 19.6. The van der Waals surface area contributed by atoms with E-state index in [2.05, 4.69) is 20.6 Å². The third kappa shape index (κ3) is 8.17. The highest BCUT2D eigenvalue weighted by Gasteiger charge is 2.39. The lowest BCUT2D eigenvalue weighted by Gasteiger charge is -2.24. The fourth-order valence-electron chi connectivity index (χ4n) is 4.51. The number of nitrogens with zero attached hydrogens (tertiary/aromatic N) is 4. The summed E-state index contributed by atoms with van der Waals surface area (Å²) < 4.78 is 11.0. The summed E-state index contributed by atoms with van der Waals surface area (Å²) in [6, 6.07) is 18.1. The lowest BCUT2D eigenvalue weighted by molar-refractivity contribution is 0.0288. The summed E-state index contributed by atoms with van der Waals surface area (Å²) in [6.07, 6.45) is 0.950. The van der Waals surface area contributed by atoms with E-state index in [0.717, 1.165) is 11.1 Å². The Morgan fingerprint density at radius 1 is 1.00 bits per heavy atom. The van der Waals surface area contributed by atoms with Crippen LogP contribution in [0.3, 0.4) is 0 Å². The van der Waals surface area contributed by atoms with Crippen molar-refractivity contribution in [3.05, 3.63) is 83.7 Å². The van der Waals surface area contributed by atoms with Crippen LogP contribution in [-0.4, -0.2) is 71.2 Å². The fourth-order valence-corrected chi connectivity index (χ4v) is 4.51. The number of rotatable bonds is 9. The Labute approximate surface area is 239 Å². The molecule has 2 atom stereocenters. The summed E-state index contributed by atoms with van der Waals surface area (Å²) in [4.78, 5) is 49.9. The van der Waals surface area contributed by atoms with Gasteiger partial charge in [0.1, 0.15) is 30.2 Å². The van der Waals surface area contributed by atoms with Gasteiger partial charge in [-0.3, -0.25) is 4.79 Å². The van der Waals surface area contributed by atoms with Crippen LogP contribution in [0.25, 0.3) is 0 Å². The third-order valence-electron chi connectivity index (χ3n) is 6.41. The summed E-state index contributed by atoms with van der Waals surface area (Å²) in [7, 11) is 1.85. The summed E-state index contributed by atoms with van der Waals surface area (Å²) >= 11 is 0. The van der Waals surface area contributed by atoms with Crippen molar-refractivity contribution in [1.82, 2.24) is 20.2 Å². The zero-order valence-corrected chi connectivity index (χ0v) is 23.7. The zero-order chi connectivity index (χ0) is 29.4. The van der Waals surface area contributed by atoms with Crippen molar-refractivity contribution in [3.63, 3.8) is 0 Å². The first kappa shape index (κ1) is 29.3. The zero-order valence-electron chi connectivity index (χ0n) is 23.7. The van der Waals surface area contributed by atoms with Gasteiger partial charge < -0.3 is 29.9 Å². The van der Waals surface area contributed by atoms with Gasteiger partial charge in [-0.15, -0.1) is 0 Å². The van der Waals surface area contributed by atoms with Crippen molar-refractivity contribution >= 4 is 30.1 Å². The Kier molecular flexibility index (Phi) is 9.38. The number of ether oxygens (including phenoxy) is 2. The van der Waals surface area contributed by atoms with Crippen molar-refractivity contribution in [2.24, 2.45) is 0 Å². The Bertz CT molecular complexity index is 1330. The average molecular weight is 561 g/mol. The number of carbonyl (C=O) groups excluding carboxylic acids is 3. The smallest absolute Gasteiger partial charge is 0.410 e. The van der Waals surface area contributed by atoms with Gasteiger partial charge in [-0.25, -0.2) is 19.6 Å². The second-order valence-electron chi connectivity index (χ2n) is 10.9. The number of hydrogen-bond donors (Lipinski definition) is 2. The molecule has 1 saturated heterocycles. The number of aromatic nitrogens is 2. The average Bonchev–Trinajstić information content (AvgIpc) is 3.34. The van der Waals surface area contributed by atoms with Crippen LogP contribution < -0.4 is 15.5 Å². The molecule has 1 fully saturated rings. The first-order valence-corrected chi connectivity index (χ1v) is 13.4. The number of alkyl carbamates (subject to hydrolysis) is 1. The molecule has 11 nitrogen and oxygen atoms in total. The van der Waals surface area contributed by atoms with Crippen LogP contribution in [0.15, 0.2) is 67.0 Å². The van der Waals surface area contributed by atoms with Gasteiger partial charge in [0, 0.05) is 26.7 Å². The molecular weight excluding hydrogens is 524 g/mol. The predicted molar refractivity (Wildman–Crippen MR) is 155 cm³/mol. The molecule has 0 bridgehead atoms. The Hall–Kier alpha value is -4.67. The van der Waals surface area contributed by atoms with Gasteiger partial charge >= 0.3 is 12.2 Å². The lowest BCUT2D eigenvalue weighted by atomic mass is 10.1. The molecule has 2 heterocycles. The molecule has 2 aromatic carbocycles. The van der Waals surface area contributed by atoms with Gasteiger partial charge in [0.15, 0.2) is 6.29 Å². The lowest BCUT2D eigenvalue weighted by Crippen LogP contribution is -2.46. The van der Waals surface area contributed by atoms with E-state index in [1.165, 1.54) is 11.2 Å². The molecule has 0 saturated carbocycles. The number of likely N-dealkylation sites (tertiary alicyclic amines) is 1. The van der Waals surface area contributed by atoms with E-state index in [0.29, 0.717) is 24.5 Å². The summed E-state index contributed by atoms with van der Waals surface area (Å²) in [5.41, 5.74) is 1.49. The van der Waals surface area contributed by atoms with Crippen molar-refractivity contribution < 1.29 is 23.9 Å². The van der Waals surface area contributed by atoms with Crippen LogP contribution in [0, 0.1) is 0 Å². The van der Waals surface area contributed by atoms with Gasteiger partial charge in [0.2, 0.25) is 0 Å². The highest BCUT2D eigenvalue weighted by molar-refractivity contribution is 5.89. The third-order valence-corrected chi connectivity index (χ3v) is 6.41. The maximum atomic E-state index is 12.9. The fraction of sp³-hybridized carbons (Fsp3) is 0.367. The summed E-state index contributed by atoms with van der Waals surface area (Å²) in [6.45, 7) is 6.39. The molecule has 216 valence electrons. The van der Waals surface area contributed by atoms with Crippen LogP contribution in [-0.2, 0) is 22.6 Å². The van der Waals surface area contributed by atoms with Crippen LogP contribution in [0.2, 0.25) is 0 Å². The summed E-state index contributed by atoms with van der Waals surface area (Å²) in [5, 5.41) is 6.13. The molecule has 4 rings (SSSR count). The van der Waals surface area contributed by atoms with E-state index >= 15 is 0 Å². The minimum atomic E-state index is -0.685. The van der Waals surface area contributed by atoms with Crippen LogP contribution in [0.1, 0.15) is 42.3 Å². The molecule has 0 unspecified atom stereocenters. The largest absolute Gasteiger partial charge is 0.445 e. The van der Waals surface area contributed by atoms with Crippen LogP contribution >= 0.6 is 0 Å². The van der Waals surface area contributed by atoms with E-state index in [1.54, 1.807) is 20.8 Å². The quantitative estimate of drug-likeness (QED) is 0.369. The maximum Gasteiger partial charge on any atom is 0.410 e. The number of carbonyl (C=O) groups is 3.